The highest BCUT2D eigenvalue weighted by molar-refractivity contribution is 5.98. The average Bonchev–Trinajstić information content (AvgIpc) is 3.96. The fourth-order valence-corrected chi connectivity index (χ4v) is 8.94. The summed E-state index contributed by atoms with van der Waals surface area (Å²) in [5.41, 5.74) is 5.29. The summed E-state index contributed by atoms with van der Waals surface area (Å²) in [7, 11) is 0. The smallest absolute Gasteiger partial charge is 0.306 e. The number of carboxylic acids is 2. The summed E-state index contributed by atoms with van der Waals surface area (Å²) < 4.78 is 0. The van der Waals surface area contributed by atoms with Crippen molar-refractivity contribution in [2.24, 2.45) is 35.3 Å². The van der Waals surface area contributed by atoms with Gasteiger partial charge in [-0.15, -0.1) is 0 Å². The van der Waals surface area contributed by atoms with Gasteiger partial charge >= 0.3 is 11.9 Å². The molecule has 21 nitrogen and oxygen atoms in total. The summed E-state index contributed by atoms with van der Waals surface area (Å²) in [6.07, 6.45) is -0.405. The van der Waals surface area contributed by atoms with Crippen LogP contribution in [0.4, 0.5) is 0 Å². The molecule has 2 fully saturated rings. The number of likely N-dealkylation sites (tertiary alicyclic amines) is 1. The molecule has 394 valence electrons. The van der Waals surface area contributed by atoms with Gasteiger partial charge in [-0.25, -0.2) is 0 Å². The fourth-order valence-electron chi connectivity index (χ4n) is 8.94. The highest BCUT2D eigenvalue weighted by Crippen LogP contribution is 2.25. The molecule has 0 spiro atoms. The Labute approximate surface area is 410 Å². The first-order valence-corrected chi connectivity index (χ1v) is 24.8. The van der Waals surface area contributed by atoms with Crippen LogP contribution in [-0.2, 0) is 57.5 Å². The molecule has 0 saturated carbocycles. The van der Waals surface area contributed by atoms with E-state index in [-0.39, 0.29) is 88.2 Å². The van der Waals surface area contributed by atoms with Crippen molar-refractivity contribution in [3.8, 4) is 0 Å². The van der Waals surface area contributed by atoms with E-state index in [0.29, 0.717) is 32.2 Å². The summed E-state index contributed by atoms with van der Waals surface area (Å²) in [5, 5.41) is 39.6. The predicted octanol–water partition coefficient (Wildman–Crippen LogP) is 1.71. The molecule has 0 aliphatic carbocycles. The molecule has 9 N–H and O–H groups in total. The maximum absolute atomic E-state index is 13.9. The molecular weight excluding hydrogens is 913 g/mol. The molecule has 5 amide bonds. The fraction of sp³-hybridized carbons (Fsp3) is 0.755. The van der Waals surface area contributed by atoms with Gasteiger partial charge in [0.15, 0.2) is 23.1 Å². The van der Waals surface area contributed by atoms with E-state index in [2.05, 4.69) is 21.3 Å². The van der Waals surface area contributed by atoms with Crippen molar-refractivity contribution in [2.75, 3.05) is 13.1 Å². The zero-order chi connectivity index (χ0) is 52.8. The zero-order valence-electron chi connectivity index (χ0n) is 41.8. The molecule has 0 radical (unpaired) electrons. The van der Waals surface area contributed by atoms with Crippen LogP contribution in [-0.4, -0.2) is 140 Å². The lowest BCUT2D eigenvalue weighted by atomic mass is 9.86. The second kappa shape index (κ2) is 30.3. The van der Waals surface area contributed by atoms with Gasteiger partial charge < -0.3 is 47.2 Å². The van der Waals surface area contributed by atoms with Gasteiger partial charge in [0.2, 0.25) is 29.5 Å². The van der Waals surface area contributed by atoms with E-state index >= 15 is 0 Å². The van der Waals surface area contributed by atoms with Gasteiger partial charge in [0.1, 0.15) is 5.78 Å². The van der Waals surface area contributed by atoms with E-state index in [9.17, 15) is 72.9 Å². The number of aliphatic hydroxyl groups is 1. The number of hydrogen-bond acceptors (Lipinski definition) is 14. The van der Waals surface area contributed by atoms with Gasteiger partial charge in [-0.2, -0.15) is 0 Å². The molecule has 0 aromatic carbocycles. The second-order valence-electron chi connectivity index (χ2n) is 19.8. The van der Waals surface area contributed by atoms with Crippen LogP contribution in [0.3, 0.4) is 0 Å². The van der Waals surface area contributed by atoms with Crippen LogP contribution in [0.15, 0.2) is 0 Å². The number of amides is 5. The summed E-state index contributed by atoms with van der Waals surface area (Å²) in [6.45, 7) is 10.8. The minimum atomic E-state index is -1.54. The standard InChI is InChI=1S/C49H78N6O15/c1-7-8-9-11-30(49(69)70)21-40(60)36-12-10-19-55(36)44(64)18-15-37(57)29(6)52-47(67)31(20-27(2)3)23-41(61)46(28(4)5)54-48(68)32(24-45(65)66)22-39(59)34(13-16-42(50)62)53-43(63)17-14-38(58)35-25-33(56)26-51-35/h27-36,46,51,56H,7-26H2,1-6H3,(H2,50,62)(H,52,67)(H,53,63)(H,54,68)(H,65,66)(H,69,70)/t29-,30+,31+,32-,33+,34-,35-,36-,46-/m0/s1. The van der Waals surface area contributed by atoms with Crippen molar-refractivity contribution in [1.29, 1.82) is 0 Å². The number of unbranched alkanes of at least 4 members (excludes halogenated alkanes) is 2. The van der Waals surface area contributed by atoms with Gasteiger partial charge in [-0.05, 0) is 57.3 Å². The second-order valence-corrected chi connectivity index (χ2v) is 19.8. The Morgan fingerprint density at radius 1 is 0.700 bits per heavy atom. The number of nitrogens with one attached hydrogen (secondary N) is 4. The van der Waals surface area contributed by atoms with Crippen LogP contribution >= 0.6 is 0 Å². The van der Waals surface area contributed by atoms with Crippen molar-refractivity contribution in [3.05, 3.63) is 0 Å². The topological polar surface area (TPSA) is 343 Å². The third kappa shape index (κ3) is 21.3. The van der Waals surface area contributed by atoms with Crippen LogP contribution in [0.25, 0.3) is 0 Å². The third-order valence-corrected chi connectivity index (χ3v) is 12.9. The SMILES string of the molecule is CCCCC[C@H](CC(=O)[C@@H]1CCCN1C(=O)CCC(=O)[C@H](C)NC(=O)[C@@H](CC(=O)[C@@H](NC(=O)[C@H](CC(=O)O)CC(=O)[C@H](CCC(N)=O)NC(=O)CCC(=O)[C@@H]1C[C@@H](O)CN1)C(C)C)CC(C)C)C(=O)O. The van der Waals surface area contributed by atoms with E-state index in [4.69, 9.17) is 5.73 Å². The predicted molar refractivity (Wildman–Crippen MR) is 253 cm³/mol. The first kappa shape index (κ1) is 60.7. The number of carbonyl (C=O) groups excluding carboxylic acids is 10. The molecule has 2 heterocycles. The first-order valence-electron chi connectivity index (χ1n) is 24.8. The largest absolute Gasteiger partial charge is 0.481 e. The quantitative estimate of drug-likeness (QED) is 0.0419. The number of nitrogens with two attached hydrogens (primary N) is 1. The number of hydrogen-bond donors (Lipinski definition) is 8. The van der Waals surface area contributed by atoms with Crippen LogP contribution in [0.2, 0.25) is 0 Å². The third-order valence-electron chi connectivity index (χ3n) is 12.9. The maximum atomic E-state index is 13.9. The minimum absolute atomic E-state index is 0.106. The summed E-state index contributed by atoms with van der Waals surface area (Å²) >= 11 is 0. The lowest BCUT2D eigenvalue weighted by Gasteiger charge is -2.27. The van der Waals surface area contributed by atoms with E-state index in [1.54, 1.807) is 13.8 Å². The summed E-state index contributed by atoms with van der Waals surface area (Å²) in [5.74, 6) is -12.6. The molecule has 0 bridgehead atoms. The molecule has 2 rings (SSSR count). The number of Topliss-reactive ketones (excluding diaryl/α,β-unsaturated/α-hetero) is 5. The van der Waals surface area contributed by atoms with E-state index in [0.717, 1.165) is 12.8 Å². The number of aliphatic hydroxyl groups excluding tert-OH is 1. The van der Waals surface area contributed by atoms with Gasteiger partial charge in [-0.1, -0.05) is 53.9 Å². The van der Waals surface area contributed by atoms with Gasteiger partial charge in [0, 0.05) is 70.4 Å². The number of primary amides is 1. The van der Waals surface area contributed by atoms with Crippen LogP contribution < -0.4 is 27.0 Å². The zero-order valence-corrected chi connectivity index (χ0v) is 41.8. The van der Waals surface area contributed by atoms with E-state index in [1.165, 1.54) is 11.8 Å². The molecular formula is C49H78N6O15. The number of β-amino-alcohol motifs (C(OH)–C–C–N with tert-alkyl or cyclic N) is 1. The van der Waals surface area contributed by atoms with Crippen molar-refractivity contribution in [3.63, 3.8) is 0 Å². The van der Waals surface area contributed by atoms with Crippen LogP contribution in [0.5, 0.6) is 0 Å². The summed E-state index contributed by atoms with van der Waals surface area (Å²) in [6, 6.07) is -5.10. The van der Waals surface area contributed by atoms with E-state index < -0.39 is 132 Å². The first-order chi connectivity index (χ1) is 32.8. The molecule has 21 heteroatoms. The van der Waals surface area contributed by atoms with Gasteiger partial charge in [0.25, 0.3) is 0 Å². The molecule has 70 heavy (non-hydrogen) atoms. The lowest BCUT2D eigenvalue weighted by Crippen LogP contribution is -2.50. The molecule has 2 aliphatic heterocycles. The highest BCUT2D eigenvalue weighted by Gasteiger charge is 2.38. The Bertz CT molecular complexity index is 1890. The van der Waals surface area contributed by atoms with Crippen LogP contribution in [0, 0.1) is 29.6 Å². The van der Waals surface area contributed by atoms with Crippen molar-refractivity contribution >= 4 is 70.4 Å². The number of nitrogens with zero attached hydrogens (tertiary/aromatic N) is 1. The van der Waals surface area contributed by atoms with Crippen LogP contribution in [0.1, 0.15) is 157 Å². The Kier molecular flexibility index (Phi) is 26.3. The Morgan fingerprint density at radius 2 is 1.36 bits per heavy atom. The normalized spacial score (nSPS) is 19.3. The monoisotopic (exact) mass is 991 g/mol. The Morgan fingerprint density at radius 3 is 1.93 bits per heavy atom. The Balaban J connectivity index is 2.10. The van der Waals surface area contributed by atoms with Gasteiger partial charge in [-0.3, -0.25) is 57.5 Å². The Hall–Kier alpha value is -5.44. The lowest BCUT2D eigenvalue weighted by molar-refractivity contribution is -0.145. The highest BCUT2D eigenvalue weighted by atomic mass is 16.4. The number of carbonyl (C=O) groups is 12. The summed E-state index contributed by atoms with van der Waals surface area (Å²) in [4.78, 5) is 157. The molecule has 0 aromatic heterocycles. The van der Waals surface area contributed by atoms with Crippen molar-refractivity contribution in [2.45, 2.75) is 193 Å². The molecule has 2 saturated heterocycles. The number of carboxylic acid groups (broad SMARTS) is 2. The van der Waals surface area contributed by atoms with Gasteiger partial charge in [0.05, 0.1) is 54.6 Å². The van der Waals surface area contributed by atoms with E-state index in [1.807, 2.05) is 20.8 Å². The molecule has 9 atom stereocenters. The number of ketones is 5. The molecule has 0 unspecified atom stereocenters. The molecule has 0 aromatic rings. The maximum Gasteiger partial charge on any atom is 0.306 e. The number of aliphatic carboxylic acids is 2. The average molecular weight is 991 g/mol. The van der Waals surface area contributed by atoms with Crippen molar-refractivity contribution in [1.82, 2.24) is 26.2 Å². The number of rotatable bonds is 35. The molecule has 2 aliphatic rings. The minimum Gasteiger partial charge on any atom is -0.481 e. The van der Waals surface area contributed by atoms with Crippen molar-refractivity contribution < 1.29 is 72.9 Å².